The molecule has 1 aliphatic rings. The van der Waals surface area contributed by atoms with Crippen molar-refractivity contribution < 1.29 is 4.39 Å². The van der Waals surface area contributed by atoms with Crippen LogP contribution in [0.5, 0.6) is 0 Å². The molecule has 2 aromatic rings. The van der Waals surface area contributed by atoms with Crippen LogP contribution in [0, 0.1) is 5.82 Å². The molecule has 20 heavy (non-hydrogen) atoms. The van der Waals surface area contributed by atoms with E-state index in [0.29, 0.717) is 16.8 Å². The first kappa shape index (κ1) is 13.5. The second-order valence-electron chi connectivity index (χ2n) is 4.85. The summed E-state index contributed by atoms with van der Waals surface area (Å²) in [4.78, 5) is 6.18. The van der Waals surface area contributed by atoms with Crippen LogP contribution in [0.1, 0.15) is 17.2 Å². The SMILES string of the molecule is NCC1c2ccccc2CCN1c1ncc(Br)cc1F. The molecule has 0 aliphatic carbocycles. The van der Waals surface area contributed by atoms with Crippen LogP contribution >= 0.6 is 15.9 Å². The van der Waals surface area contributed by atoms with Gasteiger partial charge in [0.25, 0.3) is 0 Å². The summed E-state index contributed by atoms with van der Waals surface area (Å²) in [5.74, 6) is 0.0513. The number of pyridine rings is 1. The molecular formula is C15H15BrFN3. The third kappa shape index (κ3) is 2.31. The second kappa shape index (κ2) is 5.50. The van der Waals surface area contributed by atoms with E-state index >= 15 is 0 Å². The van der Waals surface area contributed by atoms with Gasteiger partial charge in [-0.05, 0) is 39.5 Å². The van der Waals surface area contributed by atoms with Crippen molar-refractivity contribution in [1.82, 2.24) is 4.98 Å². The molecule has 2 heterocycles. The zero-order valence-electron chi connectivity index (χ0n) is 10.9. The summed E-state index contributed by atoms with van der Waals surface area (Å²) in [6.45, 7) is 1.17. The number of nitrogens with two attached hydrogens (primary N) is 1. The molecule has 1 unspecified atom stereocenters. The summed E-state index contributed by atoms with van der Waals surface area (Å²) < 4.78 is 14.8. The molecule has 1 atom stereocenters. The van der Waals surface area contributed by atoms with Gasteiger partial charge in [-0.25, -0.2) is 9.37 Å². The van der Waals surface area contributed by atoms with Gasteiger partial charge in [-0.15, -0.1) is 0 Å². The molecule has 0 amide bonds. The van der Waals surface area contributed by atoms with Crippen molar-refractivity contribution in [3.8, 4) is 0 Å². The number of anilines is 1. The predicted molar refractivity (Wildman–Crippen MR) is 81.2 cm³/mol. The van der Waals surface area contributed by atoms with Gasteiger partial charge >= 0.3 is 0 Å². The van der Waals surface area contributed by atoms with Crippen LogP contribution in [0.25, 0.3) is 0 Å². The van der Waals surface area contributed by atoms with E-state index in [0.717, 1.165) is 13.0 Å². The fourth-order valence-electron chi connectivity index (χ4n) is 2.78. The predicted octanol–water partition coefficient (Wildman–Crippen LogP) is 3.05. The summed E-state index contributed by atoms with van der Waals surface area (Å²) >= 11 is 3.23. The Kier molecular flexibility index (Phi) is 3.72. The minimum absolute atomic E-state index is 0.0249. The maximum absolute atomic E-state index is 14.1. The molecule has 104 valence electrons. The molecule has 1 aromatic carbocycles. The van der Waals surface area contributed by atoms with Gasteiger partial charge in [-0.1, -0.05) is 24.3 Å². The molecule has 1 aliphatic heterocycles. The van der Waals surface area contributed by atoms with E-state index < -0.39 is 0 Å². The summed E-state index contributed by atoms with van der Waals surface area (Å²) in [6, 6.07) is 9.62. The van der Waals surface area contributed by atoms with Crippen molar-refractivity contribution in [3.05, 3.63) is 57.9 Å². The number of halogens is 2. The van der Waals surface area contributed by atoms with E-state index in [1.165, 1.54) is 17.2 Å². The molecule has 1 aromatic heterocycles. The first-order valence-corrected chi connectivity index (χ1v) is 7.35. The summed E-state index contributed by atoms with van der Waals surface area (Å²) in [5.41, 5.74) is 8.38. The van der Waals surface area contributed by atoms with Gasteiger partial charge < -0.3 is 10.6 Å². The third-order valence-electron chi connectivity index (χ3n) is 3.70. The first-order valence-electron chi connectivity index (χ1n) is 6.56. The maximum Gasteiger partial charge on any atom is 0.166 e. The lowest BCUT2D eigenvalue weighted by Gasteiger charge is -2.37. The van der Waals surface area contributed by atoms with Gasteiger partial charge in [0, 0.05) is 23.8 Å². The van der Waals surface area contributed by atoms with E-state index in [-0.39, 0.29) is 11.9 Å². The monoisotopic (exact) mass is 335 g/mol. The Labute approximate surface area is 125 Å². The Morgan fingerprint density at radius 3 is 2.95 bits per heavy atom. The number of hydrogen-bond acceptors (Lipinski definition) is 3. The van der Waals surface area contributed by atoms with E-state index in [9.17, 15) is 4.39 Å². The summed E-state index contributed by atoms with van der Waals surface area (Å²) in [7, 11) is 0. The molecule has 3 rings (SSSR count). The van der Waals surface area contributed by atoms with Crippen molar-refractivity contribution in [2.75, 3.05) is 18.0 Å². The molecule has 0 saturated carbocycles. The number of nitrogens with zero attached hydrogens (tertiary/aromatic N) is 2. The fourth-order valence-corrected chi connectivity index (χ4v) is 3.08. The molecule has 0 bridgehead atoms. The Balaban J connectivity index is 2.03. The van der Waals surface area contributed by atoms with Gasteiger partial charge in [-0.2, -0.15) is 0 Å². The first-order chi connectivity index (χ1) is 9.70. The smallest absolute Gasteiger partial charge is 0.166 e. The summed E-state index contributed by atoms with van der Waals surface area (Å²) in [6.07, 6.45) is 2.50. The van der Waals surface area contributed by atoms with E-state index in [4.69, 9.17) is 5.73 Å². The number of hydrogen-bond donors (Lipinski definition) is 1. The Hall–Kier alpha value is -1.46. The highest BCUT2D eigenvalue weighted by Crippen LogP contribution is 2.33. The van der Waals surface area contributed by atoms with Gasteiger partial charge in [0.2, 0.25) is 0 Å². The number of rotatable bonds is 2. The molecule has 0 fully saturated rings. The minimum atomic E-state index is -0.322. The van der Waals surface area contributed by atoms with Crippen LogP contribution in [-0.4, -0.2) is 18.1 Å². The molecule has 0 radical (unpaired) electrons. The lowest BCUT2D eigenvalue weighted by molar-refractivity contribution is 0.550. The van der Waals surface area contributed by atoms with Crippen molar-refractivity contribution in [2.24, 2.45) is 5.73 Å². The normalized spacial score (nSPS) is 17.9. The average Bonchev–Trinajstić information content (AvgIpc) is 2.46. The van der Waals surface area contributed by atoms with E-state index in [1.807, 2.05) is 17.0 Å². The van der Waals surface area contributed by atoms with Crippen molar-refractivity contribution >= 4 is 21.7 Å². The molecule has 0 spiro atoms. The molecule has 2 N–H and O–H groups in total. The third-order valence-corrected chi connectivity index (χ3v) is 4.13. The van der Waals surface area contributed by atoms with Crippen LogP contribution in [0.15, 0.2) is 41.0 Å². The topological polar surface area (TPSA) is 42.1 Å². The maximum atomic E-state index is 14.1. The highest BCUT2D eigenvalue weighted by Gasteiger charge is 2.28. The van der Waals surface area contributed by atoms with Gasteiger partial charge in [0.1, 0.15) is 0 Å². The number of fused-ring (bicyclic) bond motifs is 1. The molecule has 3 nitrogen and oxygen atoms in total. The Morgan fingerprint density at radius 2 is 2.20 bits per heavy atom. The zero-order chi connectivity index (χ0) is 14.1. The van der Waals surface area contributed by atoms with Crippen molar-refractivity contribution in [3.63, 3.8) is 0 Å². The second-order valence-corrected chi connectivity index (χ2v) is 5.77. The highest BCUT2D eigenvalue weighted by molar-refractivity contribution is 9.10. The zero-order valence-corrected chi connectivity index (χ0v) is 12.5. The minimum Gasteiger partial charge on any atom is -0.346 e. The quantitative estimate of drug-likeness (QED) is 0.917. The number of aromatic nitrogens is 1. The van der Waals surface area contributed by atoms with Crippen molar-refractivity contribution in [2.45, 2.75) is 12.5 Å². The summed E-state index contributed by atoms with van der Waals surface area (Å²) in [5, 5.41) is 0. The van der Waals surface area contributed by atoms with Crippen LogP contribution in [0.2, 0.25) is 0 Å². The van der Waals surface area contributed by atoms with Crippen LogP contribution < -0.4 is 10.6 Å². The van der Waals surface area contributed by atoms with E-state index in [2.05, 4.69) is 33.0 Å². The molecular weight excluding hydrogens is 321 g/mol. The van der Waals surface area contributed by atoms with Gasteiger partial charge in [0.05, 0.1) is 6.04 Å². The van der Waals surface area contributed by atoms with Crippen LogP contribution in [0.3, 0.4) is 0 Å². The fraction of sp³-hybridized carbons (Fsp3) is 0.267. The largest absolute Gasteiger partial charge is 0.346 e. The Morgan fingerprint density at radius 1 is 1.40 bits per heavy atom. The number of benzene rings is 1. The lowest BCUT2D eigenvalue weighted by atomic mass is 9.92. The molecule has 0 saturated heterocycles. The van der Waals surface area contributed by atoms with Crippen LogP contribution in [0.4, 0.5) is 10.2 Å². The van der Waals surface area contributed by atoms with Crippen molar-refractivity contribution in [1.29, 1.82) is 0 Å². The lowest BCUT2D eigenvalue weighted by Crippen LogP contribution is -2.40. The van der Waals surface area contributed by atoms with Crippen LogP contribution in [-0.2, 0) is 6.42 Å². The standard InChI is InChI=1S/C15H15BrFN3/c16-11-7-13(17)15(19-9-11)20-6-5-10-3-1-2-4-12(10)14(20)8-18/h1-4,7,9,14H,5-6,8,18H2. The highest BCUT2D eigenvalue weighted by atomic mass is 79.9. The van der Waals surface area contributed by atoms with E-state index in [1.54, 1.807) is 6.20 Å². The average molecular weight is 336 g/mol. The molecule has 5 heteroatoms. The van der Waals surface area contributed by atoms with Gasteiger partial charge in [0.15, 0.2) is 11.6 Å². The Bertz CT molecular complexity index is 632. The van der Waals surface area contributed by atoms with Gasteiger partial charge in [-0.3, -0.25) is 0 Å².